The third kappa shape index (κ3) is 5.49. The third-order valence-corrected chi connectivity index (χ3v) is 18.4. The first kappa shape index (κ1) is 44.7. The Balaban J connectivity index is 1.18. The SMILES string of the molecule is [C-]#[N+]c1c(-n2c3ccccc3c3ccccc32)c(C#N)c(-n2c3ccccc3c3cc4c(cc32)-c2ccccc2C4(C)C)c(-n2c3ccccc3c3ccccc32)c1-n1c2ccccc2c2cc3c(cc21)-c1ccccc1C3(C)C. The highest BCUT2D eigenvalue weighted by Crippen LogP contribution is 2.56. The van der Waals surface area contributed by atoms with E-state index in [1.54, 1.807) is 0 Å². The quantitative estimate of drug-likeness (QED) is 0.162. The second-order valence-electron chi connectivity index (χ2n) is 23.0. The summed E-state index contributed by atoms with van der Waals surface area (Å²) in [5, 5.41) is 21.3. The summed E-state index contributed by atoms with van der Waals surface area (Å²) in [4.78, 5) is 4.85. The van der Waals surface area contributed by atoms with Crippen LogP contribution in [-0.2, 0) is 10.8 Å². The van der Waals surface area contributed by atoms with Crippen LogP contribution in [0.3, 0.4) is 0 Å². The highest BCUT2D eigenvalue weighted by molar-refractivity contribution is 6.18. The van der Waals surface area contributed by atoms with Crippen molar-refractivity contribution in [2.45, 2.75) is 38.5 Å². The molecule has 2 aliphatic carbocycles. The zero-order valence-electron chi connectivity index (χ0n) is 44.5. The van der Waals surface area contributed by atoms with Gasteiger partial charge in [0.25, 0.3) is 0 Å². The normalized spacial score (nSPS) is 13.9. The first-order valence-electron chi connectivity index (χ1n) is 27.5. The van der Waals surface area contributed by atoms with Crippen molar-refractivity contribution in [3.05, 3.63) is 258 Å². The summed E-state index contributed by atoms with van der Waals surface area (Å²) in [5.41, 5.74) is 20.5. The number of para-hydroxylation sites is 6. The van der Waals surface area contributed by atoms with Gasteiger partial charge in [-0.25, -0.2) is 4.85 Å². The molecule has 374 valence electrons. The number of hydrogen-bond donors (Lipinski definition) is 0. The van der Waals surface area contributed by atoms with Crippen molar-refractivity contribution < 1.29 is 0 Å². The summed E-state index contributed by atoms with van der Waals surface area (Å²) in [6.45, 7) is 19.3. The molecular formula is C74H48N6. The van der Waals surface area contributed by atoms with Crippen molar-refractivity contribution in [1.29, 1.82) is 5.26 Å². The molecule has 0 atom stereocenters. The van der Waals surface area contributed by atoms with E-state index >= 15 is 0 Å². The molecule has 0 saturated carbocycles. The van der Waals surface area contributed by atoms with Gasteiger partial charge in [0, 0.05) is 53.9 Å². The molecule has 0 spiro atoms. The topological polar surface area (TPSA) is 47.9 Å². The Labute approximate surface area is 461 Å². The average Bonchev–Trinajstić information content (AvgIpc) is 4.46. The molecule has 11 aromatic carbocycles. The van der Waals surface area contributed by atoms with E-state index in [9.17, 15) is 11.8 Å². The van der Waals surface area contributed by atoms with Crippen LogP contribution in [0.1, 0.15) is 55.5 Å². The van der Waals surface area contributed by atoms with Gasteiger partial charge in [0.05, 0.1) is 79.0 Å². The van der Waals surface area contributed by atoms with Crippen molar-refractivity contribution in [2.24, 2.45) is 0 Å². The standard InChI is InChI=1S/C74H48N6/c1-73(2)56-30-14-6-22-43(56)51-40-66-53(38-58(51)73)49-28-12-20-36-64(49)79(66)70-55(42-75)69(77-60-32-16-8-24-45(60)46-25-9-17-33-61(46)77)68(76-5)71(72(70)78-62-34-18-10-26-47(62)48-27-11-19-35-63(48)78)80-65-37-21-13-29-50(65)54-39-59-52(41-67(54)80)44-23-7-15-31-57(44)74(59,3)4/h6-41H,1-4H3. The molecule has 6 heteroatoms. The van der Waals surface area contributed by atoms with E-state index in [2.05, 4.69) is 270 Å². The Kier molecular flexibility index (Phi) is 8.74. The van der Waals surface area contributed by atoms with Gasteiger partial charge in [0.1, 0.15) is 6.07 Å². The van der Waals surface area contributed by atoms with E-state index in [1.165, 1.54) is 44.5 Å². The molecule has 6 nitrogen and oxygen atoms in total. The molecule has 0 aliphatic heterocycles. The molecule has 15 aromatic rings. The summed E-state index contributed by atoms with van der Waals surface area (Å²) in [6, 6.07) is 81.7. The number of rotatable bonds is 4. The van der Waals surface area contributed by atoms with Crippen LogP contribution in [0.25, 0.3) is 137 Å². The molecule has 17 rings (SSSR count). The van der Waals surface area contributed by atoms with Crippen molar-refractivity contribution >= 4 is 92.9 Å². The van der Waals surface area contributed by atoms with Crippen LogP contribution >= 0.6 is 0 Å². The fourth-order valence-corrected chi connectivity index (χ4v) is 14.9. The van der Waals surface area contributed by atoms with Crippen LogP contribution in [0.2, 0.25) is 0 Å². The lowest BCUT2D eigenvalue weighted by molar-refractivity contribution is 0.661. The maximum atomic E-state index is 12.7. The van der Waals surface area contributed by atoms with E-state index < -0.39 is 0 Å². The minimum Gasteiger partial charge on any atom is -0.318 e. The first-order valence-corrected chi connectivity index (χ1v) is 27.5. The van der Waals surface area contributed by atoms with E-state index in [1.807, 2.05) is 0 Å². The number of fused-ring (bicyclic) bond motifs is 18. The van der Waals surface area contributed by atoms with Gasteiger partial charge in [-0.2, -0.15) is 5.26 Å². The van der Waals surface area contributed by atoms with E-state index in [0.717, 1.165) is 92.9 Å². The Hall–Kier alpha value is -10.4. The van der Waals surface area contributed by atoms with Crippen molar-refractivity contribution in [2.75, 3.05) is 0 Å². The van der Waals surface area contributed by atoms with Gasteiger partial charge in [-0.05, 0) is 105 Å². The Morgan fingerprint density at radius 2 is 0.637 bits per heavy atom. The smallest absolute Gasteiger partial charge is 0.237 e. The van der Waals surface area contributed by atoms with Crippen LogP contribution in [0.5, 0.6) is 0 Å². The highest BCUT2D eigenvalue weighted by atomic mass is 15.1. The van der Waals surface area contributed by atoms with E-state index in [-0.39, 0.29) is 10.8 Å². The number of nitrogens with zero attached hydrogens (tertiary/aromatic N) is 6. The Morgan fingerprint density at radius 1 is 0.325 bits per heavy atom. The molecule has 0 amide bonds. The zero-order valence-corrected chi connectivity index (χ0v) is 44.5. The zero-order chi connectivity index (χ0) is 53.5. The van der Waals surface area contributed by atoms with Crippen molar-refractivity contribution in [3.63, 3.8) is 0 Å². The van der Waals surface area contributed by atoms with E-state index in [0.29, 0.717) is 28.3 Å². The molecule has 4 aromatic heterocycles. The van der Waals surface area contributed by atoms with Crippen LogP contribution in [0.15, 0.2) is 218 Å². The number of hydrogen-bond acceptors (Lipinski definition) is 1. The molecule has 0 radical (unpaired) electrons. The van der Waals surface area contributed by atoms with Crippen LogP contribution in [-0.4, -0.2) is 18.3 Å². The number of nitriles is 1. The Morgan fingerprint density at radius 3 is 1.01 bits per heavy atom. The maximum Gasteiger partial charge on any atom is 0.237 e. The van der Waals surface area contributed by atoms with Gasteiger partial charge in [0.2, 0.25) is 5.69 Å². The van der Waals surface area contributed by atoms with Crippen LogP contribution in [0, 0.1) is 17.9 Å². The molecule has 4 heterocycles. The number of benzene rings is 11. The lowest BCUT2D eigenvalue weighted by atomic mass is 9.82. The van der Waals surface area contributed by atoms with Gasteiger partial charge in [0.15, 0.2) is 0 Å². The molecule has 0 saturated heterocycles. The third-order valence-electron chi connectivity index (χ3n) is 18.4. The summed E-state index contributed by atoms with van der Waals surface area (Å²) in [6.07, 6.45) is 0. The highest BCUT2D eigenvalue weighted by Gasteiger charge is 2.40. The van der Waals surface area contributed by atoms with Gasteiger partial charge < -0.3 is 18.3 Å². The summed E-state index contributed by atoms with van der Waals surface area (Å²) in [5.74, 6) is 0. The van der Waals surface area contributed by atoms with Crippen molar-refractivity contribution in [1.82, 2.24) is 18.3 Å². The molecular weight excluding hydrogens is 973 g/mol. The molecule has 80 heavy (non-hydrogen) atoms. The van der Waals surface area contributed by atoms with Crippen LogP contribution in [0.4, 0.5) is 5.69 Å². The molecule has 2 aliphatic rings. The molecule has 0 N–H and O–H groups in total. The van der Waals surface area contributed by atoms with Crippen LogP contribution < -0.4 is 0 Å². The maximum absolute atomic E-state index is 12.7. The molecule has 0 unspecified atom stereocenters. The summed E-state index contributed by atoms with van der Waals surface area (Å²) in [7, 11) is 0. The lowest BCUT2D eigenvalue weighted by Gasteiger charge is -2.27. The fourth-order valence-electron chi connectivity index (χ4n) is 14.9. The average molecular weight is 1020 g/mol. The molecule has 0 fully saturated rings. The first-order chi connectivity index (χ1) is 39.2. The minimum atomic E-state index is -0.254. The second kappa shape index (κ2) is 15.6. The largest absolute Gasteiger partial charge is 0.318 e. The van der Waals surface area contributed by atoms with Gasteiger partial charge in [-0.15, -0.1) is 0 Å². The van der Waals surface area contributed by atoms with E-state index in [4.69, 9.17) is 4.85 Å². The van der Waals surface area contributed by atoms with Gasteiger partial charge >= 0.3 is 0 Å². The second-order valence-corrected chi connectivity index (χ2v) is 23.0. The predicted octanol–water partition coefficient (Wildman–Crippen LogP) is 19.1. The predicted molar refractivity (Wildman–Crippen MR) is 330 cm³/mol. The summed E-state index contributed by atoms with van der Waals surface area (Å²) >= 11 is 0. The van der Waals surface area contributed by atoms with Gasteiger partial charge in [-0.3, -0.25) is 0 Å². The minimum absolute atomic E-state index is 0.253. The van der Waals surface area contributed by atoms with Gasteiger partial charge in [-0.1, -0.05) is 185 Å². The molecule has 0 bridgehead atoms. The lowest BCUT2D eigenvalue weighted by Crippen LogP contribution is -2.15. The number of aromatic nitrogens is 4. The monoisotopic (exact) mass is 1020 g/mol. The summed E-state index contributed by atoms with van der Waals surface area (Å²) < 4.78 is 9.36. The fraction of sp³-hybridized carbons (Fsp3) is 0.0811. The Bertz CT molecular complexity index is 5070. The van der Waals surface area contributed by atoms with Crippen molar-refractivity contribution in [3.8, 4) is 51.1 Å².